The molecule has 1 aromatic rings. The van der Waals surface area contributed by atoms with Crippen molar-refractivity contribution < 1.29 is 19.1 Å². The molecule has 7 nitrogen and oxygen atoms in total. The largest absolute Gasteiger partial charge is 0.507 e. The van der Waals surface area contributed by atoms with Crippen LogP contribution >= 0.6 is 11.3 Å². The van der Waals surface area contributed by atoms with Crippen LogP contribution < -0.4 is 5.32 Å². The molecule has 0 fully saturated rings. The first-order valence-corrected chi connectivity index (χ1v) is 9.36. The van der Waals surface area contributed by atoms with E-state index in [0.717, 1.165) is 16.9 Å². The average Bonchev–Trinajstić information content (AvgIpc) is 3.05. The number of rotatable bonds is 7. The Kier molecular flexibility index (Phi) is 7.72. The van der Waals surface area contributed by atoms with Crippen LogP contribution in [0, 0.1) is 17.2 Å². The van der Waals surface area contributed by atoms with Crippen molar-refractivity contribution in [2.24, 2.45) is 10.9 Å². The zero-order chi connectivity index (χ0) is 20.5. The van der Waals surface area contributed by atoms with Crippen molar-refractivity contribution in [1.29, 1.82) is 5.26 Å². The van der Waals surface area contributed by atoms with Gasteiger partial charge in [0.25, 0.3) is 0 Å². The average molecular weight is 399 g/mol. The van der Waals surface area contributed by atoms with Crippen LogP contribution in [0.3, 0.4) is 0 Å². The van der Waals surface area contributed by atoms with Gasteiger partial charge in [-0.3, -0.25) is 9.79 Å². The summed E-state index contributed by atoms with van der Waals surface area (Å²) in [5, 5.41) is 12.8. The standard InChI is InChI=1S/C20H21N3O4S/c1-4-13(11-22-2)6-8-18(24)23-19-16(10-21)15-7-5-14(9-17(15)28-19)12-27-20(25)26-3/h4,6,8,11,14H,1-2,5,7,9,12H2,3H3,(H,23,24)/b8-6+,13-11+. The topological polar surface area (TPSA) is 101 Å². The number of thiophene rings is 1. The number of fused-ring (bicyclic) bond motifs is 1. The second-order valence-electron chi connectivity index (χ2n) is 6.03. The molecule has 1 atom stereocenters. The van der Waals surface area contributed by atoms with Crippen molar-refractivity contribution in [3.8, 4) is 6.07 Å². The number of methoxy groups -OCH3 is 1. The van der Waals surface area contributed by atoms with Gasteiger partial charge in [-0.05, 0) is 49.1 Å². The fraction of sp³-hybridized carbons (Fsp3) is 0.300. The van der Waals surface area contributed by atoms with E-state index in [-0.39, 0.29) is 18.4 Å². The van der Waals surface area contributed by atoms with Crippen LogP contribution in [0.25, 0.3) is 0 Å². The summed E-state index contributed by atoms with van der Waals surface area (Å²) in [7, 11) is 1.27. The molecule has 28 heavy (non-hydrogen) atoms. The van der Waals surface area contributed by atoms with E-state index in [1.54, 1.807) is 12.2 Å². The normalized spacial score (nSPS) is 16.0. The molecule has 1 heterocycles. The first-order valence-electron chi connectivity index (χ1n) is 8.55. The molecule has 0 spiro atoms. The summed E-state index contributed by atoms with van der Waals surface area (Å²) in [5.41, 5.74) is 2.11. The third-order valence-corrected chi connectivity index (χ3v) is 5.39. The van der Waals surface area contributed by atoms with Gasteiger partial charge >= 0.3 is 6.16 Å². The zero-order valence-electron chi connectivity index (χ0n) is 15.6. The quantitative estimate of drug-likeness (QED) is 0.325. The number of anilines is 1. The van der Waals surface area contributed by atoms with E-state index in [2.05, 4.69) is 34.4 Å². The molecule has 0 saturated heterocycles. The van der Waals surface area contributed by atoms with E-state index in [1.807, 2.05) is 0 Å². The van der Waals surface area contributed by atoms with Gasteiger partial charge in [0.1, 0.15) is 11.1 Å². The van der Waals surface area contributed by atoms with Gasteiger partial charge in [0.15, 0.2) is 0 Å². The number of nitrogens with one attached hydrogen (secondary N) is 1. The summed E-state index contributed by atoms with van der Waals surface area (Å²) >= 11 is 1.39. The Balaban J connectivity index is 2.09. The molecule has 1 N–H and O–H groups in total. The highest BCUT2D eigenvalue weighted by atomic mass is 32.1. The molecular formula is C20H21N3O4S. The van der Waals surface area contributed by atoms with Gasteiger partial charge in [0, 0.05) is 17.2 Å². The summed E-state index contributed by atoms with van der Waals surface area (Å²) < 4.78 is 9.52. The highest BCUT2D eigenvalue weighted by Crippen LogP contribution is 2.39. The summed E-state index contributed by atoms with van der Waals surface area (Å²) in [5.74, 6) is -0.190. The maximum atomic E-state index is 12.2. The Labute approximate surface area is 167 Å². The number of carbonyl (C=O) groups excluding carboxylic acids is 2. The molecule has 0 aromatic carbocycles. The highest BCUT2D eigenvalue weighted by molar-refractivity contribution is 7.16. The maximum Gasteiger partial charge on any atom is 0.507 e. The summed E-state index contributed by atoms with van der Waals surface area (Å²) in [6.45, 7) is 7.26. The van der Waals surface area contributed by atoms with E-state index < -0.39 is 6.16 Å². The minimum absolute atomic E-state index is 0.159. The van der Waals surface area contributed by atoms with Gasteiger partial charge < -0.3 is 14.8 Å². The lowest BCUT2D eigenvalue weighted by Gasteiger charge is -2.21. The fourth-order valence-electron chi connectivity index (χ4n) is 2.84. The van der Waals surface area contributed by atoms with Crippen LogP contribution in [-0.2, 0) is 27.1 Å². The van der Waals surface area contributed by atoms with Crippen molar-refractivity contribution >= 4 is 35.1 Å². The van der Waals surface area contributed by atoms with Crippen molar-refractivity contribution in [3.63, 3.8) is 0 Å². The first-order chi connectivity index (χ1) is 13.5. The molecule has 1 aliphatic rings. The molecular weight excluding hydrogens is 378 g/mol. The second-order valence-corrected chi connectivity index (χ2v) is 7.14. The van der Waals surface area contributed by atoms with Crippen LogP contribution in [0.4, 0.5) is 9.80 Å². The van der Waals surface area contributed by atoms with Crippen molar-refractivity contribution in [1.82, 2.24) is 0 Å². The molecule has 146 valence electrons. The number of amides is 1. The van der Waals surface area contributed by atoms with Crippen molar-refractivity contribution in [2.75, 3.05) is 19.0 Å². The zero-order valence-corrected chi connectivity index (χ0v) is 16.4. The van der Waals surface area contributed by atoms with E-state index >= 15 is 0 Å². The fourth-order valence-corrected chi connectivity index (χ4v) is 4.16. The highest BCUT2D eigenvalue weighted by Gasteiger charge is 2.27. The van der Waals surface area contributed by atoms with Crippen LogP contribution in [-0.4, -0.2) is 32.5 Å². The van der Waals surface area contributed by atoms with Crippen LogP contribution in [0.5, 0.6) is 0 Å². The minimum atomic E-state index is -0.700. The third kappa shape index (κ3) is 5.41. The van der Waals surface area contributed by atoms with Gasteiger partial charge in [0.2, 0.25) is 5.91 Å². The number of hydrogen-bond donors (Lipinski definition) is 1. The van der Waals surface area contributed by atoms with E-state index in [1.165, 1.54) is 30.7 Å². The number of carbonyl (C=O) groups is 2. The molecule has 2 rings (SSSR count). The van der Waals surface area contributed by atoms with Crippen molar-refractivity contribution in [2.45, 2.75) is 19.3 Å². The SMILES string of the molecule is C=CC(/C=C/C(=O)Nc1sc2c(c1C#N)CCC(COC(=O)OC)C2)=C\N=C. The van der Waals surface area contributed by atoms with Gasteiger partial charge in [-0.1, -0.05) is 12.7 Å². The van der Waals surface area contributed by atoms with Gasteiger partial charge in [0.05, 0.1) is 19.3 Å². The lowest BCUT2D eigenvalue weighted by Crippen LogP contribution is -2.20. The number of nitriles is 1. The molecule has 0 bridgehead atoms. The number of nitrogens with zero attached hydrogens (tertiary/aromatic N) is 2. The first kappa shape index (κ1) is 21.1. The van der Waals surface area contributed by atoms with Crippen LogP contribution in [0.15, 0.2) is 41.6 Å². The summed E-state index contributed by atoms with van der Waals surface area (Å²) in [4.78, 5) is 28.0. The van der Waals surface area contributed by atoms with E-state index in [0.29, 0.717) is 29.0 Å². The third-order valence-electron chi connectivity index (χ3n) is 4.22. The van der Waals surface area contributed by atoms with E-state index in [9.17, 15) is 14.9 Å². The van der Waals surface area contributed by atoms with Crippen molar-refractivity contribution in [3.05, 3.63) is 52.6 Å². The predicted molar refractivity (Wildman–Crippen MR) is 109 cm³/mol. The molecule has 8 heteroatoms. The molecule has 0 aliphatic heterocycles. The minimum Gasteiger partial charge on any atom is -0.438 e. The Bertz CT molecular complexity index is 877. The second kappa shape index (κ2) is 10.2. The molecule has 1 aromatic heterocycles. The Morgan fingerprint density at radius 2 is 2.25 bits per heavy atom. The Morgan fingerprint density at radius 3 is 2.89 bits per heavy atom. The number of allylic oxidation sites excluding steroid dienone is 3. The number of hydrogen-bond acceptors (Lipinski definition) is 7. The molecule has 1 aliphatic carbocycles. The Hall–Kier alpha value is -3.18. The summed E-state index contributed by atoms with van der Waals surface area (Å²) in [6, 6.07) is 2.20. The summed E-state index contributed by atoms with van der Waals surface area (Å²) in [6.07, 6.45) is 7.44. The van der Waals surface area contributed by atoms with Gasteiger partial charge in [-0.25, -0.2) is 4.79 Å². The lowest BCUT2D eigenvalue weighted by molar-refractivity contribution is -0.111. The maximum absolute atomic E-state index is 12.2. The predicted octanol–water partition coefficient (Wildman–Crippen LogP) is 3.77. The molecule has 1 unspecified atom stereocenters. The molecule has 1 amide bonds. The van der Waals surface area contributed by atoms with Crippen LogP contribution in [0.2, 0.25) is 0 Å². The lowest BCUT2D eigenvalue weighted by atomic mass is 9.88. The molecule has 0 radical (unpaired) electrons. The number of aliphatic imine (C=N–C) groups is 1. The molecule has 0 saturated carbocycles. The monoisotopic (exact) mass is 399 g/mol. The smallest absolute Gasteiger partial charge is 0.438 e. The Morgan fingerprint density at radius 1 is 1.46 bits per heavy atom. The van der Waals surface area contributed by atoms with Gasteiger partial charge in [-0.2, -0.15) is 5.26 Å². The van der Waals surface area contributed by atoms with Crippen LogP contribution in [0.1, 0.15) is 22.4 Å². The number of ether oxygens (including phenoxy) is 2. The van der Waals surface area contributed by atoms with Gasteiger partial charge in [-0.15, -0.1) is 11.3 Å². The van der Waals surface area contributed by atoms with E-state index in [4.69, 9.17) is 4.74 Å².